The Bertz CT molecular complexity index is 642. The molecule has 2 atom stereocenters. The molecule has 0 N–H and O–H groups in total. The van der Waals surface area contributed by atoms with E-state index in [-0.39, 0.29) is 5.92 Å². The third-order valence-electron chi connectivity index (χ3n) is 3.85. The lowest BCUT2D eigenvalue weighted by atomic mass is 9.95. The second-order valence-corrected chi connectivity index (χ2v) is 7.53. The lowest BCUT2D eigenvalue weighted by molar-refractivity contribution is -0.111. The fourth-order valence-electron chi connectivity index (χ4n) is 2.84. The molecule has 1 aromatic rings. The van der Waals surface area contributed by atoms with Crippen LogP contribution >= 0.6 is 23.2 Å². The summed E-state index contributed by atoms with van der Waals surface area (Å²) in [6, 6.07) is 2.82. The van der Waals surface area contributed by atoms with Crippen LogP contribution in [0.4, 0.5) is 4.79 Å². The smallest absolute Gasteiger partial charge is 0.410 e. The Morgan fingerprint density at radius 3 is 2.54 bits per heavy atom. The zero-order valence-electron chi connectivity index (χ0n) is 14.1. The monoisotopic (exact) mass is 373 g/mol. The van der Waals surface area contributed by atoms with Crippen molar-refractivity contribution in [1.82, 2.24) is 4.90 Å². The van der Waals surface area contributed by atoms with Gasteiger partial charge in [0.1, 0.15) is 17.6 Å². The molecule has 0 bridgehead atoms. The van der Waals surface area contributed by atoms with Crippen molar-refractivity contribution in [2.24, 2.45) is 0 Å². The number of methoxy groups -OCH3 is 1. The summed E-state index contributed by atoms with van der Waals surface area (Å²) in [5, 5.41) is 0.794. The molecule has 1 amide bonds. The zero-order valence-corrected chi connectivity index (χ0v) is 15.6. The van der Waals surface area contributed by atoms with Crippen molar-refractivity contribution in [1.29, 1.82) is 0 Å². The van der Waals surface area contributed by atoms with Gasteiger partial charge in [0.2, 0.25) is 0 Å². The Labute approximate surface area is 151 Å². The molecule has 1 aliphatic rings. The van der Waals surface area contributed by atoms with Gasteiger partial charge in [-0.05, 0) is 39.3 Å². The Morgan fingerprint density at radius 1 is 1.33 bits per heavy atom. The van der Waals surface area contributed by atoms with E-state index in [4.69, 9.17) is 32.7 Å². The van der Waals surface area contributed by atoms with Gasteiger partial charge in [-0.25, -0.2) is 4.79 Å². The van der Waals surface area contributed by atoms with Gasteiger partial charge < -0.3 is 14.3 Å². The Morgan fingerprint density at radius 2 is 2.00 bits per heavy atom. The third-order valence-corrected chi connectivity index (χ3v) is 4.67. The molecule has 1 heterocycles. The molecule has 24 heavy (non-hydrogen) atoms. The summed E-state index contributed by atoms with van der Waals surface area (Å²) >= 11 is 12.5. The maximum Gasteiger partial charge on any atom is 0.410 e. The predicted octanol–water partition coefficient (Wildman–Crippen LogP) is 4.29. The first-order chi connectivity index (χ1) is 11.2. The first-order valence-electron chi connectivity index (χ1n) is 7.64. The van der Waals surface area contributed by atoms with Crippen molar-refractivity contribution < 1.29 is 19.1 Å². The molecule has 132 valence electrons. The van der Waals surface area contributed by atoms with E-state index in [0.29, 0.717) is 34.3 Å². The van der Waals surface area contributed by atoms with Crippen LogP contribution in [0.25, 0.3) is 0 Å². The second-order valence-electron chi connectivity index (χ2n) is 6.75. The van der Waals surface area contributed by atoms with Gasteiger partial charge in [0.15, 0.2) is 0 Å². The van der Waals surface area contributed by atoms with Gasteiger partial charge in [-0.15, -0.1) is 0 Å². The number of ether oxygens (including phenoxy) is 2. The molecule has 0 aliphatic carbocycles. The number of carbonyl (C=O) groups excluding carboxylic acids is 2. The minimum absolute atomic E-state index is 0.158. The molecule has 0 unspecified atom stereocenters. The highest BCUT2D eigenvalue weighted by molar-refractivity contribution is 6.42. The van der Waals surface area contributed by atoms with Crippen LogP contribution in [0.2, 0.25) is 10.0 Å². The highest BCUT2D eigenvalue weighted by atomic mass is 35.5. The standard InChI is InChI=1S/C17H21Cl2NO4/c1-17(2,3)24-16(22)20-8-10(7-11(20)9-21)14-13(23-4)6-5-12(18)15(14)19/h5-6,9-11H,7-8H2,1-4H3/t10-,11-/m0/s1. The topological polar surface area (TPSA) is 55.8 Å². The van der Waals surface area contributed by atoms with E-state index in [0.717, 1.165) is 6.29 Å². The average Bonchev–Trinajstić information content (AvgIpc) is 2.92. The second kappa shape index (κ2) is 7.19. The highest BCUT2D eigenvalue weighted by Crippen LogP contribution is 2.43. The van der Waals surface area contributed by atoms with E-state index in [2.05, 4.69) is 0 Å². The van der Waals surface area contributed by atoms with Gasteiger partial charge in [-0.2, -0.15) is 0 Å². The molecule has 5 nitrogen and oxygen atoms in total. The van der Waals surface area contributed by atoms with E-state index < -0.39 is 17.7 Å². The lowest BCUT2D eigenvalue weighted by Crippen LogP contribution is -2.40. The maximum atomic E-state index is 12.4. The van der Waals surface area contributed by atoms with Crippen molar-refractivity contribution in [3.05, 3.63) is 27.7 Å². The van der Waals surface area contributed by atoms with Crippen molar-refractivity contribution in [2.75, 3.05) is 13.7 Å². The van der Waals surface area contributed by atoms with Crippen molar-refractivity contribution in [3.63, 3.8) is 0 Å². The van der Waals surface area contributed by atoms with Crippen molar-refractivity contribution >= 4 is 35.6 Å². The van der Waals surface area contributed by atoms with Crippen LogP contribution in [-0.4, -0.2) is 42.6 Å². The summed E-state index contributed by atoms with van der Waals surface area (Å²) in [7, 11) is 1.54. The molecule has 0 radical (unpaired) electrons. The molecule has 2 rings (SSSR count). The number of hydrogen-bond acceptors (Lipinski definition) is 4. The summed E-state index contributed by atoms with van der Waals surface area (Å²) in [6.45, 7) is 5.66. The van der Waals surface area contributed by atoms with E-state index >= 15 is 0 Å². The Hall–Kier alpha value is -1.46. The van der Waals surface area contributed by atoms with Crippen LogP contribution in [0.1, 0.15) is 38.7 Å². The normalized spacial score (nSPS) is 20.8. The molecular formula is C17H21Cl2NO4. The summed E-state index contributed by atoms with van der Waals surface area (Å²) in [5.74, 6) is 0.430. The summed E-state index contributed by atoms with van der Waals surface area (Å²) in [5.41, 5.74) is 0.0816. The predicted molar refractivity (Wildman–Crippen MR) is 93.2 cm³/mol. The van der Waals surface area contributed by atoms with Crippen molar-refractivity contribution in [3.8, 4) is 5.75 Å². The quantitative estimate of drug-likeness (QED) is 0.741. The van der Waals surface area contributed by atoms with Gasteiger partial charge in [-0.3, -0.25) is 4.90 Å². The van der Waals surface area contributed by atoms with E-state index in [1.165, 1.54) is 4.90 Å². The van der Waals surface area contributed by atoms with Crippen LogP contribution < -0.4 is 4.74 Å². The van der Waals surface area contributed by atoms with Crippen LogP contribution in [0.3, 0.4) is 0 Å². The van der Waals surface area contributed by atoms with Crippen LogP contribution in [0, 0.1) is 0 Å². The van der Waals surface area contributed by atoms with E-state index in [1.54, 1.807) is 40.0 Å². The zero-order chi connectivity index (χ0) is 18.1. The molecule has 1 aliphatic heterocycles. The molecule has 7 heteroatoms. The first-order valence-corrected chi connectivity index (χ1v) is 8.40. The number of carbonyl (C=O) groups is 2. The number of amides is 1. The molecule has 1 fully saturated rings. The first kappa shape index (κ1) is 18.9. The molecule has 1 saturated heterocycles. The third kappa shape index (κ3) is 3.95. The summed E-state index contributed by atoms with van der Waals surface area (Å²) in [4.78, 5) is 25.2. The number of hydrogen-bond donors (Lipinski definition) is 0. The molecule has 1 aromatic carbocycles. The SMILES string of the molecule is COc1ccc(Cl)c(Cl)c1[C@H]1C[C@@H](C=O)N(C(=O)OC(C)(C)C)C1. The number of likely N-dealkylation sites (tertiary alicyclic amines) is 1. The number of rotatable bonds is 3. The molecule has 0 saturated carbocycles. The Kier molecular flexibility index (Phi) is 5.66. The van der Waals surface area contributed by atoms with Gasteiger partial charge in [0.25, 0.3) is 0 Å². The highest BCUT2D eigenvalue weighted by Gasteiger charge is 2.40. The number of benzene rings is 1. The summed E-state index contributed by atoms with van der Waals surface area (Å²) < 4.78 is 10.8. The number of nitrogens with zero attached hydrogens (tertiary/aromatic N) is 1. The van der Waals surface area contributed by atoms with E-state index in [9.17, 15) is 9.59 Å². The number of aldehydes is 1. The van der Waals surface area contributed by atoms with Gasteiger partial charge >= 0.3 is 6.09 Å². The fraction of sp³-hybridized carbons (Fsp3) is 0.529. The van der Waals surface area contributed by atoms with Crippen molar-refractivity contribution in [2.45, 2.75) is 44.8 Å². The number of halogens is 2. The minimum Gasteiger partial charge on any atom is -0.496 e. The maximum absolute atomic E-state index is 12.4. The summed E-state index contributed by atoms with van der Waals surface area (Å²) in [6.07, 6.45) is 0.688. The molecular weight excluding hydrogens is 353 g/mol. The molecule has 0 spiro atoms. The van der Waals surface area contributed by atoms with Gasteiger partial charge in [0, 0.05) is 18.0 Å². The lowest BCUT2D eigenvalue weighted by Gasteiger charge is -2.26. The van der Waals surface area contributed by atoms with Crippen LogP contribution in [-0.2, 0) is 9.53 Å². The van der Waals surface area contributed by atoms with Crippen LogP contribution in [0.5, 0.6) is 5.75 Å². The van der Waals surface area contributed by atoms with Crippen LogP contribution in [0.15, 0.2) is 12.1 Å². The van der Waals surface area contributed by atoms with Gasteiger partial charge in [-0.1, -0.05) is 23.2 Å². The minimum atomic E-state index is -0.631. The Balaban J connectivity index is 2.31. The molecule has 0 aromatic heterocycles. The van der Waals surface area contributed by atoms with Gasteiger partial charge in [0.05, 0.1) is 23.2 Å². The fourth-order valence-corrected chi connectivity index (χ4v) is 3.32. The average molecular weight is 374 g/mol. The largest absolute Gasteiger partial charge is 0.496 e. The van der Waals surface area contributed by atoms with E-state index in [1.807, 2.05) is 0 Å².